The first-order valence-corrected chi connectivity index (χ1v) is 6.11. The molecule has 0 aromatic heterocycles. The Kier molecular flexibility index (Phi) is 5.40. The van der Waals surface area contributed by atoms with Crippen molar-refractivity contribution in [1.29, 1.82) is 0 Å². The fourth-order valence-corrected chi connectivity index (χ4v) is 2.03. The number of likely N-dealkylation sites (tertiary alicyclic amines) is 1. The van der Waals surface area contributed by atoms with Crippen molar-refractivity contribution in [1.82, 2.24) is 10.2 Å². The molecule has 8 nitrogen and oxygen atoms in total. The molecule has 8 heteroatoms. The number of piperidine rings is 1. The van der Waals surface area contributed by atoms with Crippen LogP contribution in [0.1, 0.15) is 19.8 Å². The number of carboxylic acid groups (broad SMARTS) is 1. The molecule has 1 aliphatic rings. The Labute approximate surface area is 110 Å². The summed E-state index contributed by atoms with van der Waals surface area (Å²) >= 11 is 0. The van der Waals surface area contributed by atoms with E-state index in [9.17, 15) is 14.4 Å². The third-order valence-corrected chi connectivity index (χ3v) is 3.03. The van der Waals surface area contributed by atoms with Crippen LogP contribution in [-0.2, 0) is 9.53 Å². The minimum absolute atomic E-state index is 0.0386. The molecule has 1 saturated heterocycles. The highest BCUT2D eigenvalue weighted by Crippen LogP contribution is 2.22. The van der Waals surface area contributed by atoms with Crippen LogP contribution in [0.15, 0.2) is 0 Å². The summed E-state index contributed by atoms with van der Waals surface area (Å²) in [6, 6.07) is -1.27. The van der Waals surface area contributed by atoms with Crippen LogP contribution in [0.25, 0.3) is 0 Å². The Morgan fingerprint density at radius 1 is 1.47 bits per heavy atom. The molecule has 0 aromatic rings. The number of hydrogen-bond donors (Lipinski definition) is 3. The van der Waals surface area contributed by atoms with Gasteiger partial charge in [-0.1, -0.05) is 6.92 Å². The lowest BCUT2D eigenvalue weighted by atomic mass is 9.93. The first kappa shape index (κ1) is 15.1. The van der Waals surface area contributed by atoms with Gasteiger partial charge >= 0.3 is 18.1 Å². The number of carbonyl (C=O) groups is 3. The predicted octanol–water partition coefficient (Wildman–Crippen LogP) is -0.0236. The largest absolute Gasteiger partial charge is 0.480 e. The molecule has 1 heterocycles. The minimum Gasteiger partial charge on any atom is -0.480 e. The van der Waals surface area contributed by atoms with Crippen molar-refractivity contribution in [3.63, 3.8) is 0 Å². The molecule has 0 bridgehead atoms. The number of carboxylic acids is 1. The maximum atomic E-state index is 11.8. The summed E-state index contributed by atoms with van der Waals surface area (Å²) in [5, 5.41) is 11.6. The summed E-state index contributed by atoms with van der Waals surface area (Å²) in [6.07, 6.45) is 0.305. The zero-order valence-corrected chi connectivity index (χ0v) is 10.8. The van der Waals surface area contributed by atoms with E-state index in [4.69, 9.17) is 10.8 Å². The summed E-state index contributed by atoms with van der Waals surface area (Å²) in [5.41, 5.74) is 4.77. The van der Waals surface area contributed by atoms with Crippen LogP contribution in [-0.4, -0.2) is 53.8 Å². The maximum Gasteiger partial charge on any atom is 0.404 e. The number of hydrogen-bond acceptors (Lipinski definition) is 4. The number of urea groups is 1. The van der Waals surface area contributed by atoms with Gasteiger partial charge in [-0.05, 0) is 18.8 Å². The minimum atomic E-state index is -1.00. The van der Waals surface area contributed by atoms with Crippen molar-refractivity contribution < 1.29 is 24.2 Å². The van der Waals surface area contributed by atoms with Crippen LogP contribution < -0.4 is 11.1 Å². The van der Waals surface area contributed by atoms with Gasteiger partial charge in [0.05, 0.1) is 6.54 Å². The van der Waals surface area contributed by atoms with Gasteiger partial charge in [-0.3, -0.25) is 0 Å². The molecular formula is C11H19N3O5. The normalized spacial score (nSPS) is 22.7. The van der Waals surface area contributed by atoms with Crippen molar-refractivity contribution >= 4 is 18.1 Å². The second kappa shape index (κ2) is 6.81. The van der Waals surface area contributed by atoms with E-state index >= 15 is 0 Å². The molecule has 4 N–H and O–H groups in total. The van der Waals surface area contributed by atoms with Gasteiger partial charge in [0.2, 0.25) is 0 Å². The van der Waals surface area contributed by atoms with E-state index in [-0.39, 0.29) is 19.1 Å². The average molecular weight is 273 g/mol. The van der Waals surface area contributed by atoms with Crippen molar-refractivity contribution in [2.24, 2.45) is 11.7 Å². The molecule has 0 spiro atoms. The summed E-state index contributed by atoms with van der Waals surface area (Å²) < 4.78 is 4.46. The highest BCUT2D eigenvalue weighted by molar-refractivity contribution is 5.82. The van der Waals surface area contributed by atoms with Crippen LogP contribution in [0, 0.1) is 5.92 Å². The van der Waals surface area contributed by atoms with E-state index < -0.39 is 24.1 Å². The topological polar surface area (TPSA) is 122 Å². The summed E-state index contributed by atoms with van der Waals surface area (Å²) in [6.45, 7) is 2.43. The van der Waals surface area contributed by atoms with Gasteiger partial charge in [0, 0.05) is 6.54 Å². The van der Waals surface area contributed by atoms with Crippen LogP contribution in [0.5, 0.6) is 0 Å². The Bertz CT molecular complexity index is 360. The number of primary amides is 1. The van der Waals surface area contributed by atoms with E-state index in [1.807, 2.05) is 6.92 Å². The number of rotatable bonds is 4. The number of nitrogens with one attached hydrogen (secondary N) is 1. The Balaban J connectivity index is 2.45. The second-order valence-electron chi connectivity index (χ2n) is 4.58. The third-order valence-electron chi connectivity index (χ3n) is 3.03. The van der Waals surface area contributed by atoms with Gasteiger partial charge in [0.1, 0.15) is 12.6 Å². The highest BCUT2D eigenvalue weighted by Gasteiger charge is 2.34. The molecule has 0 aliphatic carbocycles. The van der Waals surface area contributed by atoms with Gasteiger partial charge in [0.25, 0.3) is 0 Å². The molecule has 0 radical (unpaired) electrons. The van der Waals surface area contributed by atoms with Crippen LogP contribution in [0.4, 0.5) is 9.59 Å². The van der Waals surface area contributed by atoms with E-state index in [1.54, 1.807) is 0 Å². The highest BCUT2D eigenvalue weighted by atomic mass is 16.5. The zero-order chi connectivity index (χ0) is 14.4. The molecule has 108 valence electrons. The van der Waals surface area contributed by atoms with E-state index in [2.05, 4.69) is 10.1 Å². The quantitative estimate of drug-likeness (QED) is 0.621. The van der Waals surface area contributed by atoms with Crippen molar-refractivity contribution in [3.05, 3.63) is 0 Å². The number of aliphatic carboxylic acids is 1. The zero-order valence-electron chi connectivity index (χ0n) is 10.8. The SMILES string of the molecule is CC1CCN(C(=O)NCCOC(N)=O)C(C(=O)O)C1. The molecule has 1 aliphatic heterocycles. The summed E-state index contributed by atoms with van der Waals surface area (Å²) in [7, 11) is 0. The third kappa shape index (κ3) is 4.65. The van der Waals surface area contributed by atoms with Crippen molar-refractivity contribution in [2.45, 2.75) is 25.8 Å². The van der Waals surface area contributed by atoms with Crippen LogP contribution >= 0.6 is 0 Å². The van der Waals surface area contributed by atoms with E-state index in [0.29, 0.717) is 13.0 Å². The molecule has 19 heavy (non-hydrogen) atoms. The number of ether oxygens (including phenoxy) is 1. The van der Waals surface area contributed by atoms with Gasteiger partial charge in [0.15, 0.2) is 0 Å². The average Bonchev–Trinajstić information content (AvgIpc) is 2.33. The van der Waals surface area contributed by atoms with E-state index in [0.717, 1.165) is 6.42 Å². The van der Waals surface area contributed by atoms with Gasteiger partial charge in [-0.15, -0.1) is 0 Å². The van der Waals surface area contributed by atoms with Gasteiger partial charge in [-0.25, -0.2) is 14.4 Å². The lowest BCUT2D eigenvalue weighted by molar-refractivity contribution is -0.143. The molecule has 0 aromatic carbocycles. The fourth-order valence-electron chi connectivity index (χ4n) is 2.03. The van der Waals surface area contributed by atoms with E-state index in [1.165, 1.54) is 4.90 Å². The molecule has 1 rings (SSSR count). The molecule has 1 fully saturated rings. The Morgan fingerprint density at radius 2 is 2.16 bits per heavy atom. The molecule has 2 atom stereocenters. The lowest BCUT2D eigenvalue weighted by Crippen LogP contribution is -2.53. The molecule has 0 saturated carbocycles. The first-order valence-electron chi connectivity index (χ1n) is 6.11. The number of nitrogens with two attached hydrogens (primary N) is 1. The standard InChI is InChI=1S/C11H19N3O5/c1-7-2-4-14(8(6-7)9(15)16)11(18)13-3-5-19-10(12)17/h7-8H,2-6H2,1H3,(H2,12,17)(H,13,18)(H,15,16). The van der Waals surface area contributed by atoms with Crippen LogP contribution in [0.2, 0.25) is 0 Å². The predicted molar refractivity (Wildman–Crippen MR) is 65.5 cm³/mol. The van der Waals surface area contributed by atoms with Gasteiger partial charge in [-0.2, -0.15) is 0 Å². The van der Waals surface area contributed by atoms with Crippen molar-refractivity contribution in [2.75, 3.05) is 19.7 Å². The van der Waals surface area contributed by atoms with Gasteiger partial charge < -0.3 is 25.8 Å². The molecule has 3 amide bonds. The Morgan fingerprint density at radius 3 is 2.74 bits per heavy atom. The first-order chi connectivity index (χ1) is 8.91. The number of carbonyl (C=O) groups excluding carboxylic acids is 2. The molecular weight excluding hydrogens is 254 g/mol. The van der Waals surface area contributed by atoms with Crippen molar-refractivity contribution in [3.8, 4) is 0 Å². The summed E-state index contributed by atoms with van der Waals surface area (Å²) in [4.78, 5) is 34.6. The molecule has 2 unspecified atom stereocenters. The second-order valence-corrected chi connectivity index (χ2v) is 4.58. The lowest BCUT2D eigenvalue weighted by Gasteiger charge is -2.35. The summed E-state index contributed by atoms with van der Waals surface area (Å²) in [5.74, 6) is -0.724. The maximum absolute atomic E-state index is 11.8. The fraction of sp³-hybridized carbons (Fsp3) is 0.727. The van der Waals surface area contributed by atoms with Crippen LogP contribution in [0.3, 0.4) is 0 Å². The Hall–Kier alpha value is -1.99. The monoisotopic (exact) mass is 273 g/mol. The number of nitrogens with zero attached hydrogens (tertiary/aromatic N) is 1. The smallest absolute Gasteiger partial charge is 0.404 e. The number of amides is 3.